The van der Waals surface area contributed by atoms with Gasteiger partial charge in [-0.05, 0) is 36.4 Å². The van der Waals surface area contributed by atoms with E-state index in [0.29, 0.717) is 16.2 Å². The van der Waals surface area contributed by atoms with Crippen LogP contribution in [0.3, 0.4) is 0 Å². The van der Waals surface area contributed by atoms with Crippen LogP contribution in [-0.2, 0) is 10.0 Å². The summed E-state index contributed by atoms with van der Waals surface area (Å²) < 4.78 is 29.5. The highest BCUT2D eigenvalue weighted by Crippen LogP contribution is 2.22. The Morgan fingerprint density at radius 1 is 1.04 bits per heavy atom. The lowest BCUT2D eigenvalue weighted by atomic mass is 10.3. The van der Waals surface area contributed by atoms with Gasteiger partial charge in [-0.15, -0.1) is 11.3 Å². The summed E-state index contributed by atoms with van der Waals surface area (Å²) in [7, 11) is -3.70. The molecule has 25 heavy (non-hydrogen) atoms. The maximum Gasteiger partial charge on any atom is 0.273 e. The second-order valence-electron chi connectivity index (χ2n) is 5.12. The number of nitrogens with one attached hydrogen (secondary N) is 1. The van der Waals surface area contributed by atoms with Gasteiger partial charge >= 0.3 is 0 Å². The molecule has 1 N–H and O–H groups in total. The second-order valence-corrected chi connectivity index (χ2v) is 8.69. The number of aromatic nitrogens is 2. The Morgan fingerprint density at radius 3 is 2.48 bits per heavy atom. The van der Waals surface area contributed by atoms with Crippen LogP contribution in [0.15, 0.2) is 69.8 Å². The van der Waals surface area contributed by atoms with E-state index in [2.05, 4.69) is 9.71 Å². The van der Waals surface area contributed by atoms with Gasteiger partial charge < -0.3 is 0 Å². The molecular formula is C16H11N3O3S3. The lowest BCUT2D eigenvalue weighted by Crippen LogP contribution is -2.14. The molecular weight excluding hydrogens is 378 g/mol. The molecule has 0 bridgehead atoms. The number of anilines is 1. The molecule has 0 aliphatic rings. The van der Waals surface area contributed by atoms with Crippen molar-refractivity contribution in [3.63, 3.8) is 0 Å². The van der Waals surface area contributed by atoms with Gasteiger partial charge in [-0.2, -0.15) is 0 Å². The summed E-state index contributed by atoms with van der Waals surface area (Å²) in [5, 5.41) is 2.65. The molecule has 9 heteroatoms. The van der Waals surface area contributed by atoms with E-state index in [1.807, 2.05) is 18.2 Å². The maximum absolute atomic E-state index is 12.5. The average Bonchev–Trinajstić information content (AvgIpc) is 3.23. The molecule has 0 aliphatic carbocycles. The van der Waals surface area contributed by atoms with Gasteiger partial charge in [-0.3, -0.25) is 9.52 Å². The van der Waals surface area contributed by atoms with Gasteiger partial charge in [0.25, 0.3) is 15.6 Å². The van der Waals surface area contributed by atoms with Crippen molar-refractivity contribution in [2.75, 3.05) is 4.72 Å². The van der Waals surface area contributed by atoms with E-state index in [4.69, 9.17) is 0 Å². The van der Waals surface area contributed by atoms with Crippen LogP contribution >= 0.6 is 22.9 Å². The molecule has 2 heterocycles. The zero-order chi connectivity index (χ0) is 17.4. The standard InChI is InChI=1S/C16H11N3O3S3/c20-15-13-3-1-2-4-14(13)24-19(15)11-5-7-12(8-6-11)25(21,22)18-16-17-9-10-23-16/h1-10H,(H,17,18). The zero-order valence-electron chi connectivity index (χ0n) is 12.6. The Bertz CT molecular complexity index is 1190. The molecule has 0 spiro atoms. The van der Waals surface area contributed by atoms with Crippen LogP contribution in [0, 0.1) is 0 Å². The quantitative estimate of drug-likeness (QED) is 0.581. The zero-order valence-corrected chi connectivity index (χ0v) is 15.1. The predicted molar refractivity (Wildman–Crippen MR) is 100 cm³/mol. The molecule has 0 unspecified atom stereocenters. The highest BCUT2D eigenvalue weighted by atomic mass is 32.2. The smallest absolute Gasteiger partial charge is 0.267 e. The fourth-order valence-corrected chi connectivity index (χ4v) is 5.14. The summed E-state index contributed by atoms with van der Waals surface area (Å²) in [6.45, 7) is 0. The average molecular weight is 389 g/mol. The van der Waals surface area contributed by atoms with Crippen LogP contribution in [0.2, 0.25) is 0 Å². The third kappa shape index (κ3) is 2.97. The van der Waals surface area contributed by atoms with Crippen LogP contribution in [0.4, 0.5) is 5.13 Å². The normalized spacial score (nSPS) is 11.7. The van der Waals surface area contributed by atoms with E-state index in [-0.39, 0.29) is 10.5 Å². The lowest BCUT2D eigenvalue weighted by Gasteiger charge is -2.06. The largest absolute Gasteiger partial charge is 0.273 e. The molecule has 0 amide bonds. The second kappa shape index (κ2) is 6.10. The molecule has 4 aromatic rings. The summed E-state index contributed by atoms with van der Waals surface area (Å²) in [4.78, 5) is 16.5. The number of benzene rings is 2. The molecule has 0 fully saturated rings. The van der Waals surface area contributed by atoms with Crippen LogP contribution in [0.5, 0.6) is 0 Å². The minimum Gasteiger partial charge on any atom is -0.267 e. The number of nitrogens with zero attached hydrogens (tertiary/aromatic N) is 2. The molecule has 0 saturated carbocycles. The van der Waals surface area contributed by atoms with Crippen molar-refractivity contribution in [2.24, 2.45) is 0 Å². The molecule has 2 aromatic carbocycles. The van der Waals surface area contributed by atoms with Gasteiger partial charge in [0.05, 0.1) is 20.7 Å². The van der Waals surface area contributed by atoms with E-state index in [1.165, 1.54) is 41.2 Å². The molecule has 0 radical (unpaired) electrons. The van der Waals surface area contributed by atoms with E-state index in [9.17, 15) is 13.2 Å². The van der Waals surface area contributed by atoms with Crippen LogP contribution in [-0.4, -0.2) is 17.4 Å². The summed E-state index contributed by atoms with van der Waals surface area (Å²) in [5.74, 6) is 0. The first kappa shape index (κ1) is 16.0. The number of fused-ring (bicyclic) bond motifs is 1. The van der Waals surface area contributed by atoms with Crippen LogP contribution in [0.1, 0.15) is 0 Å². The highest BCUT2D eigenvalue weighted by Gasteiger charge is 2.16. The summed E-state index contributed by atoms with van der Waals surface area (Å²) in [6.07, 6.45) is 1.53. The first-order valence-electron chi connectivity index (χ1n) is 7.18. The molecule has 0 saturated heterocycles. The number of hydrogen-bond donors (Lipinski definition) is 1. The van der Waals surface area contributed by atoms with Gasteiger partial charge in [0.1, 0.15) is 0 Å². The fourth-order valence-electron chi connectivity index (χ4n) is 2.35. The van der Waals surface area contributed by atoms with Crippen molar-refractivity contribution in [1.29, 1.82) is 0 Å². The van der Waals surface area contributed by atoms with Crippen molar-refractivity contribution in [2.45, 2.75) is 4.90 Å². The Kier molecular flexibility index (Phi) is 3.91. The number of sulfonamides is 1. The molecule has 4 rings (SSSR count). The van der Waals surface area contributed by atoms with E-state index >= 15 is 0 Å². The van der Waals surface area contributed by atoms with Crippen molar-refractivity contribution in [1.82, 2.24) is 8.94 Å². The van der Waals surface area contributed by atoms with Crippen molar-refractivity contribution < 1.29 is 8.42 Å². The molecule has 0 atom stereocenters. The summed E-state index contributed by atoms with van der Waals surface area (Å²) in [6, 6.07) is 13.5. The van der Waals surface area contributed by atoms with Crippen molar-refractivity contribution in [3.8, 4) is 5.69 Å². The third-order valence-electron chi connectivity index (χ3n) is 3.53. The van der Waals surface area contributed by atoms with Crippen LogP contribution in [0.25, 0.3) is 15.8 Å². The van der Waals surface area contributed by atoms with E-state index in [1.54, 1.807) is 27.5 Å². The van der Waals surface area contributed by atoms with Gasteiger partial charge in [-0.25, -0.2) is 17.4 Å². The minimum absolute atomic E-state index is 0.112. The topological polar surface area (TPSA) is 81.1 Å². The first-order valence-corrected chi connectivity index (χ1v) is 10.3. The highest BCUT2D eigenvalue weighted by molar-refractivity contribution is 7.93. The third-order valence-corrected chi connectivity index (χ3v) is 6.81. The lowest BCUT2D eigenvalue weighted by molar-refractivity contribution is 0.601. The van der Waals surface area contributed by atoms with Crippen molar-refractivity contribution >= 4 is 48.1 Å². The SMILES string of the molecule is O=c1c2ccccc2sn1-c1ccc(S(=O)(=O)Nc2nccs2)cc1. The summed E-state index contributed by atoms with van der Waals surface area (Å²) >= 11 is 2.53. The Balaban J connectivity index is 1.70. The Labute approximate surface area is 151 Å². The van der Waals surface area contributed by atoms with Gasteiger partial charge in [0.15, 0.2) is 5.13 Å². The van der Waals surface area contributed by atoms with Crippen LogP contribution < -0.4 is 10.3 Å². The number of rotatable bonds is 4. The Morgan fingerprint density at radius 2 is 1.80 bits per heavy atom. The van der Waals surface area contributed by atoms with Gasteiger partial charge in [-0.1, -0.05) is 23.7 Å². The van der Waals surface area contributed by atoms with E-state index in [0.717, 1.165) is 4.70 Å². The molecule has 126 valence electrons. The molecule has 6 nitrogen and oxygen atoms in total. The number of thiazole rings is 1. The van der Waals surface area contributed by atoms with Crippen molar-refractivity contribution in [3.05, 3.63) is 70.5 Å². The monoisotopic (exact) mass is 389 g/mol. The van der Waals surface area contributed by atoms with Gasteiger partial charge in [0, 0.05) is 11.6 Å². The molecule has 0 aliphatic heterocycles. The Hall–Kier alpha value is -2.49. The molecule has 2 aromatic heterocycles. The van der Waals surface area contributed by atoms with Gasteiger partial charge in [0.2, 0.25) is 0 Å². The minimum atomic E-state index is -3.70. The fraction of sp³-hybridized carbons (Fsp3) is 0. The summed E-state index contributed by atoms with van der Waals surface area (Å²) in [5.41, 5.74) is 0.511. The number of hydrogen-bond acceptors (Lipinski definition) is 6. The predicted octanol–water partition coefficient (Wildman–Crippen LogP) is 3.31. The first-order chi connectivity index (χ1) is 12.0. The van der Waals surface area contributed by atoms with E-state index < -0.39 is 10.0 Å². The maximum atomic E-state index is 12.5.